The molecule has 2 N–H and O–H groups in total. The third kappa shape index (κ3) is 6.16. The predicted octanol–water partition coefficient (Wildman–Crippen LogP) is 3.12. The molecular formula is C21H32N4OS. The Morgan fingerprint density at radius 2 is 1.96 bits per heavy atom. The molecule has 1 atom stereocenters. The summed E-state index contributed by atoms with van der Waals surface area (Å²) in [7, 11) is 1.81. The van der Waals surface area contributed by atoms with Gasteiger partial charge in [0.1, 0.15) is 0 Å². The van der Waals surface area contributed by atoms with Crippen molar-refractivity contribution in [3.8, 4) is 0 Å². The van der Waals surface area contributed by atoms with E-state index in [9.17, 15) is 4.79 Å². The molecule has 6 heteroatoms. The fourth-order valence-corrected chi connectivity index (χ4v) is 4.72. The van der Waals surface area contributed by atoms with Gasteiger partial charge in [0, 0.05) is 49.3 Å². The third-order valence-electron chi connectivity index (χ3n) is 5.43. The molecule has 1 saturated carbocycles. The van der Waals surface area contributed by atoms with Crippen LogP contribution >= 0.6 is 11.8 Å². The summed E-state index contributed by atoms with van der Waals surface area (Å²) >= 11 is 1.84. The van der Waals surface area contributed by atoms with Crippen LogP contribution in [0.3, 0.4) is 0 Å². The Hall–Kier alpha value is -1.69. The lowest BCUT2D eigenvalue weighted by atomic mass is 9.88. The molecule has 1 heterocycles. The molecule has 1 unspecified atom stereocenters. The van der Waals surface area contributed by atoms with Gasteiger partial charge in [-0.25, -0.2) is 0 Å². The van der Waals surface area contributed by atoms with Gasteiger partial charge in [0.2, 0.25) is 5.91 Å². The Morgan fingerprint density at radius 3 is 2.70 bits per heavy atom. The number of nitrogens with zero attached hydrogens (tertiary/aromatic N) is 2. The number of guanidine groups is 1. The number of nitrogens with one attached hydrogen (secondary N) is 2. The molecule has 0 aromatic heterocycles. The van der Waals surface area contributed by atoms with Gasteiger partial charge in [-0.15, -0.1) is 11.8 Å². The maximum Gasteiger partial charge on any atom is 0.225 e. The second kappa shape index (κ2) is 10.6. The van der Waals surface area contributed by atoms with E-state index >= 15 is 0 Å². The highest BCUT2D eigenvalue weighted by atomic mass is 32.2. The smallest absolute Gasteiger partial charge is 0.225 e. The van der Waals surface area contributed by atoms with Crippen molar-refractivity contribution >= 4 is 23.6 Å². The molecule has 27 heavy (non-hydrogen) atoms. The molecule has 5 nitrogen and oxygen atoms in total. The first-order valence-corrected chi connectivity index (χ1v) is 11.2. The molecule has 1 aromatic rings. The molecular weight excluding hydrogens is 356 g/mol. The highest BCUT2D eigenvalue weighted by Gasteiger charge is 2.31. The number of thioether (sulfide) groups is 1. The van der Waals surface area contributed by atoms with Crippen LogP contribution in [0.15, 0.2) is 40.2 Å². The normalized spacial score (nSPS) is 21.3. The number of hydrogen-bond acceptors (Lipinski definition) is 3. The van der Waals surface area contributed by atoms with E-state index in [4.69, 9.17) is 0 Å². The van der Waals surface area contributed by atoms with Crippen LogP contribution in [0.1, 0.15) is 38.5 Å². The van der Waals surface area contributed by atoms with Crippen LogP contribution in [0.25, 0.3) is 0 Å². The minimum absolute atomic E-state index is 0.268. The Balaban J connectivity index is 1.36. The minimum Gasteiger partial charge on any atom is -0.356 e. The molecule has 0 bridgehead atoms. The second-order valence-electron chi connectivity index (χ2n) is 7.41. The van der Waals surface area contributed by atoms with E-state index < -0.39 is 0 Å². The van der Waals surface area contributed by atoms with Crippen molar-refractivity contribution in [1.82, 2.24) is 15.5 Å². The quantitative estimate of drug-likeness (QED) is 0.340. The lowest BCUT2D eigenvalue weighted by molar-refractivity contribution is -0.135. The van der Waals surface area contributed by atoms with Crippen LogP contribution in [0.5, 0.6) is 0 Å². The Morgan fingerprint density at radius 1 is 1.19 bits per heavy atom. The lowest BCUT2D eigenvalue weighted by Crippen LogP contribution is -2.46. The van der Waals surface area contributed by atoms with E-state index in [2.05, 4.69) is 44.8 Å². The van der Waals surface area contributed by atoms with Gasteiger partial charge < -0.3 is 15.5 Å². The molecule has 1 aromatic carbocycles. The van der Waals surface area contributed by atoms with Gasteiger partial charge >= 0.3 is 0 Å². The van der Waals surface area contributed by atoms with Crippen LogP contribution in [0.2, 0.25) is 0 Å². The monoisotopic (exact) mass is 388 g/mol. The zero-order chi connectivity index (χ0) is 18.9. The Labute approximate surface area is 167 Å². The fraction of sp³-hybridized carbons (Fsp3) is 0.619. The van der Waals surface area contributed by atoms with Crippen molar-refractivity contribution in [3.05, 3.63) is 30.3 Å². The molecule has 1 aliphatic carbocycles. The number of likely N-dealkylation sites (tertiary alicyclic amines) is 1. The zero-order valence-electron chi connectivity index (χ0n) is 16.3. The SMILES string of the molecule is CN=C(NCCSc1ccccc1)NC1CCN(C(=O)C2CCCCC2)C1. The summed E-state index contributed by atoms with van der Waals surface area (Å²) in [6, 6.07) is 10.7. The molecule has 1 amide bonds. The number of amides is 1. The van der Waals surface area contributed by atoms with Crippen molar-refractivity contribution in [3.63, 3.8) is 0 Å². The number of carbonyl (C=O) groups excluding carboxylic acids is 1. The topological polar surface area (TPSA) is 56.7 Å². The molecule has 3 rings (SSSR count). The van der Waals surface area contributed by atoms with Gasteiger partial charge in [-0.05, 0) is 31.4 Å². The lowest BCUT2D eigenvalue weighted by Gasteiger charge is -2.26. The summed E-state index contributed by atoms with van der Waals surface area (Å²) < 4.78 is 0. The van der Waals surface area contributed by atoms with Crippen molar-refractivity contribution in [2.24, 2.45) is 10.9 Å². The second-order valence-corrected chi connectivity index (χ2v) is 8.58. The first-order valence-electron chi connectivity index (χ1n) is 10.2. The molecule has 0 radical (unpaired) electrons. The molecule has 1 aliphatic heterocycles. The molecule has 0 spiro atoms. The predicted molar refractivity (Wildman–Crippen MR) is 113 cm³/mol. The largest absolute Gasteiger partial charge is 0.356 e. The van der Waals surface area contributed by atoms with Gasteiger partial charge in [-0.3, -0.25) is 9.79 Å². The van der Waals surface area contributed by atoms with E-state index in [0.29, 0.717) is 11.9 Å². The average Bonchev–Trinajstić information content (AvgIpc) is 3.19. The van der Waals surface area contributed by atoms with Gasteiger partial charge in [-0.2, -0.15) is 0 Å². The molecule has 2 aliphatic rings. The zero-order valence-corrected chi connectivity index (χ0v) is 17.1. The van der Waals surface area contributed by atoms with E-state index in [1.165, 1.54) is 24.2 Å². The van der Waals surface area contributed by atoms with E-state index in [0.717, 1.165) is 50.6 Å². The van der Waals surface area contributed by atoms with Gasteiger partial charge in [0.05, 0.1) is 0 Å². The summed E-state index contributed by atoms with van der Waals surface area (Å²) in [5.74, 6) is 2.47. The fourth-order valence-electron chi connectivity index (χ4n) is 3.93. The highest BCUT2D eigenvalue weighted by molar-refractivity contribution is 7.99. The van der Waals surface area contributed by atoms with E-state index in [1.54, 1.807) is 7.05 Å². The number of benzene rings is 1. The maximum absolute atomic E-state index is 12.7. The van der Waals surface area contributed by atoms with Gasteiger partial charge in [0.15, 0.2) is 5.96 Å². The summed E-state index contributed by atoms with van der Waals surface area (Å²) in [6.07, 6.45) is 6.87. The highest BCUT2D eigenvalue weighted by Crippen LogP contribution is 2.26. The van der Waals surface area contributed by atoms with Crippen LogP contribution in [-0.2, 0) is 4.79 Å². The van der Waals surface area contributed by atoms with E-state index in [-0.39, 0.29) is 5.92 Å². The molecule has 148 valence electrons. The van der Waals surface area contributed by atoms with Crippen molar-refractivity contribution in [2.75, 3.05) is 32.4 Å². The summed E-state index contributed by atoms with van der Waals surface area (Å²) in [4.78, 5) is 20.4. The van der Waals surface area contributed by atoms with Gasteiger partial charge in [0.25, 0.3) is 0 Å². The Kier molecular flexibility index (Phi) is 7.87. The van der Waals surface area contributed by atoms with Gasteiger partial charge in [-0.1, -0.05) is 37.5 Å². The first-order chi connectivity index (χ1) is 13.3. The Bertz CT molecular complexity index is 616. The van der Waals surface area contributed by atoms with Crippen LogP contribution in [0.4, 0.5) is 0 Å². The average molecular weight is 389 g/mol. The maximum atomic E-state index is 12.7. The number of carbonyl (C=O) groups is 1. The number of aliphatic imine (C=N–C) groups is 1. The molecule has 2 fully saturated rings. The minimum atomic E-state index is 0.268. The first kappa shape index (κ1) is 20.1. The number of rotatable bonds is 6. The van der Waals surface area contributed by atoms with Crippen molar-refractivity contribution in [2.45, 2.75) is 49.5 Å². The summed E-state index contributed by atoms with van der Waals surface area (Å²) in [5, 5.41) is 6.88. The van der Waals surface area contributed by atoms with Crippen LogP contribution in [-0.4, -0.2) is 55.2 Å². The van der Waals surface area contributed by atoms with Crippen LogP contribution in [0, 0.1) is 5.92 Å². The summed E-state index contributed by atoms with van der Waals surface area (Å²) in [5.41, 5.74) is 0. The summed E-state index contributed by atoms with van der Waals surface area (Å²) in [6.45, 7) is 2.53. The standard InChI is InChI=1S/C21H32N4OS/c1-22-21(23-13-15-27-19-10-6-3-7-11-19)24-18-12-14-25(16-18)20(26)17-8-4-2-5-9-17/h3,6-7,10-11,17-18H,2,4-5,8-9,12-16H2,1H3,(H2,22,23,24). The molecule has 1 saturated heterocycles. The van der Waals surface area contributed by atoms with Crippen LogP contribution < -0.4 is 10.6 Å². The number of hydrogen-bond donors (Lipinski definition) is 2. The van der Waals surface area contributed by atoms with E-state index in [1.807, 2.05) is 17.8 Å². The van der Waals surface area contributed by atoms with Crippen molar-refractivity contribution < 1.29 is 4.79 Å². The third-order valence-corrected chi connectivity index (χ3v) is 6.44. The van der Waals surface area contributed by atoms with Crippen molar-refractivity contribution in [1.29, 1.82) is 0 Å².